The molecule has 0 aliphatic carbocycles. The summed E-state index contributed by atoms with van der Waals surface area (Å²) in [4.78, 5) is 0.413. The third-order valence-corrected chi connectivity index (χ3v) is 4.72. The fourth-order valence-corrected chi connectivity index (χ4v) is 2.74. The van der Waals surface area contributed by atoms with E-state index < -0.39 is 0 Å². The molecular weight excluding hydrogens is 288 g/mol. The van der Waals surface area contributed by atoms with Gasteiger partial charge < -0.3 is 4.74 Å². The van der Waals surface area contributed by atoms with Crippen LogP contribution in [0.15, 0.2) is 18.2 Å². The van der Waals surface area contributed by atoms with Gasteiger partial charge in [-0.25, -0.2) is 0 Å². The molecule has 2 unspecified atom stereocenters. The Bertz CT molecular complexity index is 393. The van der Waals surface area contributed by atoms with Crippen LogP contribution in [-0.4, -0.2) is 7.11 Å². The van der Waals surface area contributed by atoms with E-state index in [0.717, 1.165) is 12.2 Å². The van der Waals surface area contributed by atoms with Gasteiger partial charge >= 0.3 is 0 Å². The van der Waals surface area contributed by atoms with Gasteiger partial charge in [0.05, 0.1) is 7.11 Å². The molecule has 0 aliphatic rings. The molecule has 0 radical (unpaired) electrons. The predicted molar refractivity (Wildman–Crippen MR) is 82.6 cm³/mol. The molecule has 18 heavy (non-hydrogen) atoms. The van der Waals surface area contributed by atoms with Gasteiger partial charge in [-0.1, -0.05) is 55.8 Å². The van der Waals surface area contributed by atoms with Crippen LogP contribution in [0.1, 0.15) is 50.1 Å². The predicted octanol–water partition coefficient (Wildman–Crippen LogP) is 5.51. The first-order valence-corrected chi connectivity index (χ1v) is 7.46. The Kier molecular flexibility index (Phi) is 5.27. The van der Waals surface area contributed by atoms with Gasteiger partial charge in [-0.15, -0.1) is 0 Å². The number of methoxy groups -OCH3 is 1. The van der Waals surface area contributed by atoms with Crippen LogP contribution >= 0.6 is 15.9 Å². The van der Waals surface area contributed by atoms with Gasteiger partial charge in [0.2, 0.25) is 0 Å². The SMILES string of the molecule is COc1ccc(C(Br)CC(C)C(C)(C)C)cc1C. The van der Waals surface area contributed by atoms with E-state index in [2.05, 4.69) is 68.7 Å². The van der Waals surface area contributed by atoms with Gasteiger partial charge in [-0.05, 0) is 41.9 Å². The van der Waals surface area contributed by atoms with Gasteiger partial charge in [0.1, 0.15) is 5.75 Å². The monoisotopic (exact) mass is 312 g/mol. The van der Waals surface area contributed by atoms with Crippen LogP contribution in [0.4, 0.5) is 0 Å². The van der Waals surface area contributed by atoms with Crippen molar-refractivity contribution in [3.8, 4) is 5.75 Å². The first kappa shape index (κ1) is 15.6. The smallest absolute Gasteiger partial charge is 0.121 e. The lowest BCUT2D eigenvalue weighted by molar-refractivity contribution is 0.246. The van der Waals surface area contributed by atoms with Gasteiger partial charge in [0.25, 0.3) is 0 Å². The van der Waals surface area contributed by atoms with Crippen LogP contribution in [0, 0.1) is 18.3 Å². The minimum absolute atomic E-state index is 0.355. The Balaban J connectivity index is 2.79. The molecule has 0 bridgehead atoms. The number of aryl methyl sites for hydroxylation is 1. The van der Waals surface area contributed by atoms with Crippen molar-refractivity contribution in [2.75, 3.05) is 7.11 Å². The zero-order valence-corrected chi connectivity index (χ0v) is 14.0. The quantitative estimate of drug-likeness (QED) is 0.666. The Labute approximate surface area is 120 Å². The molecule has 1 aromatic carbocycles. The molecule has 0 amide bonds. The lowest BCUT2D eigenvalue weighted by Crippen LogP contribution is -2.18. The Morgan fingerprint density at radius 2 is 1.89 bits per heavy atom. The summed E-state index contributed by atoms with van der Waals surface area (Å²) in [6.45, 7) is 11.3. The summed E-state index contributed by atoms with van der Waals surface area (Å²) in [7, 11) is 1.72. The molecule has 0 saturated heterocycles. The minimum Gasteiger partial charge on any atom is -0.496 e. The molecule has 1 nitrogen and oxygen atoms in total. The minimum atomic E-state index is 0.355. The summed E-state index contributed by atoms with van der Waals surface area (Å²) < 4.78 is 5.30. The first-order chi connectivity index (χ1) is 8.25. The normalized spacial score (nSPS) is 15.3. The molecule has 0 heterocycles. The second kappa shape index (κ2) is 6.10. The zero-order valence-electron chi connectivity index (χ0n) is 12.4. The molecule has 0 fully saturated rings. The van der Waals surface area contributed by atoms with Crippen molar-refractivity contribution in [3.05, 3.63) is 29.3 Å². The van der Waals surface area contributed by atoms with Crippen molar-refractivity contribution in [3.63, 3.8) is 0 Å². The third-order valence-electron chi connectivity index (χ3n) is 3.82. The summed E-state index contributed by atoms with van der Waals surface area (Å²) in [6, 6.07) is 6.43. The van der Waals surface area contributed by atoms with Crippen molar-refractivity contribution in [1.82, 2.24) is 0 Å². The molecule has 0 saturated carbocycles. The van der Waals surface area contributed by atoms with Crippen LogP contribution < -0.4 is 4.74 Å². The number of hydrogen-bond acceptors (Lipinski definition) is 1. The molecule has 2 atom stereocenters. The van der Waals surface area contributed by atoms with E-state index in [1.165, 1.54) is 11.1 Å². The maximum Gasteiger partial charge on any atom is 0.121 e. The fourth-order valence-electron chi connectivity index (χ4n) is 1.90. The van der Waals surface area contributed by atoms with Crippen LogP contribution in [0.5, 0.6) is 5.75 Å². The maximum absolute atomic E-state index is 5.30. The van der Waals surface area contributed by atoms with Gasteiger partial charge in [0, 0.05) is 4.83 Å². The molecule has 102 valence electrons. The van der Waals surface area contributed by atoms with Crippen molar-refractivity contribution >= 4 is 15.9 Å². The number of hydrogen-bond donors (Lipinski definition) is 0. The van der Waals surface area contributed by atoms with E-state index in [9.17, 15) is 0 Å². The van der Waals surface area contributed by atoms with E-state index in [4.69, 9.17) is 4.74 Å². The van der Waals surface area contributed by atoms with E-state index in [1.807, 2.05) is 0 Å². The molecule has 2 heteroatoms. The van der Waals surface area contributed by atoms with Gasteiger partial charge in [-0.2, -0.15) is 0 Å². The summed E-state index contributed by atoms with van der Waals surface area (Å²) in [5.41, 5.74) is 2.89. The lowest BCUT2D eigenvalue weighted by Gasteiger charge is -2.29. The topological polar surface area (TPSA) is 9.23 Å². The number of halogens is 1. The second-order valence-electron chi connectivity index (χ2n) is 6.20. The van der Waals surface area contributed by atoms with Crippen molar-refractivity contribution in [2.24, 2.45) is 11.3 Å². The fraction of sp³-hybridized carbons (Fsp3) is 0.625. The van der Waals surface area contributed by atoms with Crippen molar-refractivity contribution in [2.45, 2.75) is 45.9 Å². The highest BCUT2D eigenvalue weighted by molar-refractivity contribution is 9.09. The highest BCUT2D eigenvalue weighted by Gasteiger charge is 2.23. The molecule has 0 aromatic heterocycles. The van der Waals surface area contributed by atoms with Crippen LogP contribution in [0.2, 0.25) is 0 Å². The highest BCUT2D eigenvalue weighted by atomic mass is 79.9. The average molecular weight is 313 g/mol. The molecule has 1 rings (SSSR count). The van der Waals surface area contributed by atoms with E-state index >= 15 is 0 Å². The molecular formula is C16H25BrO. The summed E-state index contributed by atoms with van der Waals surface area (Å²) in [6.07, 6.45) is 1.15. The first-order valence-electron chi connectivity index (χ1n) is 6.54. The Morgan fingerprint density at radius 3 is 2.33 bits per heavy atom. The Morgan fingerprint density at radius 1 is 1.28 bits per heavy atom. The van der Waals surface area contributed by atoms with Gasteiger partial charge in [0.15, 0.2) is 0 Å². The number of alkyl halides is 1. The number of rotatable bonds is 4. The zero-order chi connectivity index (χ0) is 13.9. The number of benzene rings is 1. The van der Waals surface area contributed by atoms with Crippen LogP contribution in [0.25, 0.3) is 0 Å². The highest BCUT2D eigenvalue weighted by Crippen LogP contribution is 2.38. The molecule has 0 aliphatic heterocycles. The standard InChI is InChI=1S/C16H25BrO/c1-11-9-13(7-8-15(11)18-6)14(17)10-12(2)16(3,4)5/h7-9,12,14H,10H2,1-6H3. The number of ether oxygens (including phenoxy) is 1. The van der Waals surface area contributed by atoms with Crippen LogP contribution in [0.3, 0.4) is 0 Å². The molecule has 0 N–H and O–H groups in total. The van der Waals surface area contributed by atoms with E-state index in [-0.39, 0.29) is 0 Å². The second-order valence-corrected chi connectivity index (χ2v) is 7.30. The average Bonchev–Trinajstić information content (AvgIpc) is 2.27. The summed E-state index contributed by atoms with van der Waals surface area (Å²) >= 11 is 3.82. The van der Waals surface area contributed by atoms with Crippen molar-refractivity contribution < 1.29 is 4.74 Å². The summed E-state index contributed by atoms with van der Waals surface area (Å²) in [5.74, 6) is 1.63. The maximum atomic E-state index is 5.30. The van der Waals surface area contributed by atoms with E-state index in [1.54, 1.807) is 7.11 Å². The lowest BCUT2D eigenvalue weighted by atomic mass is 9.79. The molecule has 0 spiro atoms. The van der Waals surface area contributed by atoms with Crippen LogP contribution in [-0.2, 0) is 0 Å². The third kappa shape index (κ3) is 4.01. The summed E-state index contributed by atoms with van der Waals surface area (Å²) in [5, 5.41) is 0. The van der Waals surface area contributed by atoms with E-state index in [0.29, 0.717) is 16.2 Å². The molecule has 1 aromatic rings. The largest absolute Gasteiger partial charge is 0.496 e. The Hall–Kier alpha value is -0.500. The van der Waals surface area contributed by atoms with Gasteiger partial charge in [-0.3, -0.25) is 0 Å². The van der Waals surface area contributed by atoms with Crippen molar-refractivity contribution in [1.29, 1.82) is 0 Å².